The number of hydrazine groups is 1. The van der Waals surface area contributed by atoms with Gasteiger partial charge in [0, 0.05) is 24.2 Å². The van der Waals surface area contributed by atoms with Crippen LogP contribution in [0.2, 0.25) is 0 Å². The Balaban J connectivity index is 2.49. The minimum absolute atomic E-state index is 0.282. The summed E-state index contributed by atoms with van der Waals surface area (Å²) in [7, 11) is 0. The number of nitrogens with zero attached hydrogens (tertiary/aromatic N) is 4. The van der Waals surface area contributed by atoms with E-state index in [1.165, 1.54) is 0 Å². The van der Waals surface area contributed by atoms with Crippen LogP contribution in [0.4, 0.5) is 5.82 Å². The highest BCUT2D eigenvalue weighted by atomic mass is 15.3. The second-order valence-corrected chi connectivity index (χ2v) is 4.38. The van der Waals surface area contributed by atoms with E-state index in [1.54, 1.807) is 12.4 Å². The first kappa shape index (κ1) is 12.4. The molecule has 0 fully saturated rings. The topological polar surface area (TPSA) is 89.6 Å². The van der Waals surface area contributed by atoms with Crippen molar-refractivity contribution in [1.29, 1.82) is 0 Å². The van der Waals surface area contributed by atoms with Gasteiger partial charge in [-0.25, -0.2) is 25.8 Å². The predicted molar refractivity (Wildman–Crippen MR) is 69.7 cm³/mol. The summed E-state index contributed by atoms with van der Waals surface area (Å²) in [6.07, 6.45) is 3.48. The second-order valence-electron chi connectivity index (χ2n) is 4.38. The number of aryl methyl sites for hydroxylation is 1. The van der Waals surface area contributed by atoms with E-state index < -0.39 is 0 Å². The molecule has 0 saturated heterocycles. The molecule has 0 spiro atoms. The van der Waals surface area contributed by atoms with Crippen LogP contribution in [0.3, 0.4) is 0 Å². The zero-order valence-corrected chi connectivity index (χ0v) is 10.7. The minimum Gasteiger partial charge on any atom is -0.308 e. The molecule has 0 unspecified atom stereocenters. The SMILES string of the molecule is Cc1cnc(-c2nc(NN)cc(C(C)C)n2)nc1. The summed E-state index contributed by atoms with van der Waals surface area (Å²) in [6, 6.07) is 1.82. The molecule has 0 bridgehead atoms. The lowest BCUT2D eigenvalue weighted by Crippen LogP contribution is -2.11. The molecule has 0 saturated carbocycles. The number of hydrogen-bond donors (Lipinski definition) is 2. The van der Waals surface area contributed by atoms with Gasteiger partial charge in [-0.3, -0.25) is 0 Å². The zero-order chi connectivity index (χ0) is 13.1. The summed E-state index contributed by atoms with van der Waals surface area (Å²) in [5.41, 5.74) is 4.43. The first-order valence-electron chi connectivity index (χ1n) is 5.74. The molecule has 2 rings (SSSR count). The number of nitrogen functional groups attached to an aromatic ring is 1. The molecule has 6 heteroatoms. The highest BCUT2D eigenvalue weighted by molar-refractivity contribution is 5.49. The number of hydrogen-bond acceptors (Lipinski definition) is 6. The van der Waals surface area contributed by atoms with Crippen LogP contribution in [0.1, 0.15) is 31.0 Å². The minimum atomic E-state index is 0.282. The number of anilines is 1. The Morgan fingerprint density at radius 3 is 2.33 bits per heavy atom. The third-order valence-electron chi connectivity index (χ3n) is 2.47. The van der Waals surface area contributed by atoms with Gasteiger partial charge in [-0.1, -0.05) is 13.8 Å². The number of nitrogens with one attached hydrogen (secondary N) is 1. The Kier molecular flexibility index (Phi) is 3.47. The van der Waals surface area contributed by atoms with Gasteiger partial charge in [-0.15, -0.1) is 0 Å². The smallest absolute Gasteiger partial charge is 0.199 e. The van der Waals surface area contributed by atoms with E-state index in [9.17, 15) is 0 Å². The molecule has 0 aliphatic rings. The Morgan fingerprint density at radius 1 is 1.11 bits per heavy atom. The standard InChI is InChI=1S/C12H16N6/c1-7(2)9-4-10(18-13)17-12(16-9)11-14-5-8(3)6-15-11/h4-7H,13H2,1-3H3,(H,16,17,18). The van der Waals surface area contributed by atoms with E-state index in [2.05, 4.69) is 39.2 Å². The van der Waals surface area contributed by atoms with Crippen LogP contribution in [0.15, 0.2) is 18.5 Å². The Bertz CT molecular complexity index is 535. The van der Waals surface area contributed by atoms with Gasteiger partial charge in [-0.2, -0.15) is 0 Å². The zero-order valence-electron chi connectivity index (χ0n) is 10.7. The van der Waals surface area contributed by atoms with Gasteiger partial charge in [0.25, 0.3) is 0 Å². The van der Waals surface area contributed by atoms with Crippen LogP contribution in [0.25, 0.3) is 11.6 Å². The normalized spacial score (nSPS) is 10.7. The maximum absolute atomic E-state index is 5.41. The first-order valence-corrected chi connectivity index (χ1v) is 5.74. The third-order valence-corrected chi connectivity index (χ3v) is 2.47. The molecule has 2 aromatic heterocycles. The maximum Gasteiger partial charge on any atom is 0.199 e. The van der Waals surface area contributed by atoms with Gasteiger partial charge in [0.1, 0.15) is 5.82 Å². The van der Waals surface area contributed by atoms with Gasteiger partial charge in [-0.05, 0) is 18.4 Å². The Hall–Kier alpha value is -2.08. The molecule has 0 amide bonds. The average Bonchev–Trinajstić information content (AvgIpc) is 2.39. The second kappa shape index (κ2) is 5.05. The third kappa shape index (κ3) is 2.60. The molecular formula is C12H16N6. The summed E-state index contributed by atoms with van der Waals surface area (Å²) in [5, 5.41) is 0. The van der Waals surface area contributed by atoms with Gasteiger partial charge < -0.3 is 5.43 Å². The summed E-state index contributed by atoms with van der Waals surface area (Å²) >= 11 is 0. The monoisotopic (exact) mass is 244 g/mol. The number of nitrogens with two attached hydrogens (primary N) is 1. The molecule has 0 aliphatic heterocycles. The van der Waals surface area contributed by atoms with Crippen molar-refractivity contribution in [2.75, 3.05) is 5.43 Å². The van der Waals surface area contributed by atoms with E-state index >= 15 is 0 Å². The number of aromatic nitrogens is 4. The van der Waals surface area contributed by atoms with Crippen molar-refractivity contribution in [3.8, 4) is 11.6 Å². The summed E-state index contributed by atoms with van der Waals surface area (Å²) in [4.78, 5) is 17.2. The van der Waals surface area contributed by atoms with E-state index in [4.69, 9.17) is 5.84 Å². The van der Waals surface area contributed by atoms with E-state index in [0.29, 0.717) is 17.5 Å². The van der Waals surface area contributed by atoms with Gasteiger partial charge in [0.15, 0.2) is 11.6 Å². The molecule has 0 atom stereocenters. The lowest BCUT2D eigenvalue weighted by Gasteiger charge is -2.09. The summed E-state index contributed by atoms with van der Waals surface area (Å²) in [6.45, 7) is 6.05. The van der Waals surface area contributed by atoms with Crippen molar-refractivity contribution in [2.24, 2.45) is 5.84 Å². The van der Waals surface area contributed by atoms with Crippen LogP contribution in [-0.4, -0.2) is 19.9 Å². The quantitative estimate of drug-likeness (QED) is 0.630. The first-order chi connectivity index (χ1) is 8.60. The molecular weight excluding hydrogens is 228 g/mol. The maximum atomic E-state index is 5.41. The fourth-order valence-electron chi connectivity index (χ4n) is 1.44. The van der Waals surface area contributed by atoms with Crippen LogP contribution < -0.4 is 11.3 Å². The van der Waals surface area contributed by atoms with Crippen LogP contribution in [-0.2, 0) is 0 Å². The van der Waals surface area contributed by atoms with Gasteiger partial charge in [0.2, 0.25) is 0 Å². The molecule has 3 N–H and O–H groups in total. The largest absolute Gasteiger partial charge is 0.308 e. The Morgan fingerprint density at radius 2 is 1.78 bits per heavy atom. The lowest BCUT2D eigenvalue weighted by molar-refractivity contribution is 0.814. The van der Waals surface area contributed by atoms with Crippen molar-refractivity contribution in [3.63, 3.8) is 0 Å². The molecule has 18 heavy (non-hydrogen) atoms. The molecule has 6 nitrogen and oxygen atoms in total. The van der Waals surface area contributed by atoms with E-state index in [-0.39, 0.29) is 5.92 Å². The fourth-order valence-corrected chi connectivity index (χ4v) is 1.44. The molecule has 2 heterocycles. The molecule has 2 aromatic rings. The van der Waals surface area contributed by atoms with Crippen LogP contribution in [0.5, 0.6) is 0 Å². The average molecular weight is 244 g/mol. The summed E-state index contributed by atoms with van der Waals surface area (Å²) in [5.74, 6) is 7.23. The molecule has 0 aromatic carbocycles. The number of rotatable bonds is 3. The van der Waals surface area contributed by atoms with Crippen LogP contribution >= 0.6 is 0 Å². The van der Waals surface area contributed by atoms with E-state index in [1.807, 2.05) is 13.0 Å². The van der Waals surface area contributed by atoms with Crippen molar-refractivity contribution in [1.82, 2.24) is 19.9 Å². The summed E-state index contributed by atoms with van der Waals surface area (Å²) < 4.78 is 0. The van der Waals surface area contributed by atoms with Crippen molar-refractivity contribution in [3.05, 3.63) is 29.7 Å². The predicted octanol–water partition coefficient (Wildman–Crippen LogP) is 1.65. The highest BCUT2D eigenvalue weighted by Gasteiger charge is 2.10. The van der Waals surface area contributed by atoms with Gasteiger partial charge >= 0.3 is 0 Å². The highest BCUT2D eigenvalue weighted by Crippen LogP contribution is 2.19. The molecule has 0 aliphatic carbocycles. The van der Waals surface area contributed by atoms with Gasteiger partial charge in [0.05, 0.1) is 0 Å². The van der Waals surface area contributed by atoms with Crippen molar-refractivity contribution >= 4 is 5.82 Å². The molecule has 0 radical (unpaired) electrons. The van der Waals surface area contributed by atoms with E-state index in [0.717, 1.165) is 11.3 Å². The van der Waals surface area contributed by atoms with Crippen molar-refractivity contribution in [2.45, 2.75) is 26.7 Å². The fraction of sp³-hybridized carbons (Fsp3) is 0.333. The lowest BCUT2D eigenvalue weighted by atomic mass is 10.1. The van der Waals surface area contributed by atoms with Crippen molar-refractivity contribution < 1.29 is 0 Å². The van der Waals surface area contributed by atoms with Crippen LogP contribution in [0, 0.1) is 6.92 Å². The Labute approximate surface area is 106 Å². The molecule has 94 valence electrons.